The van der Waals surface area contributed by atoms with Crippen molar-refractivity contribution in [1.82, 2.24) is 9.97 Å². The Balaban J connectivity index is 0.000000336. The highest BCUT2D eigenvalue weighted by atomic mass is 14.9. The van der Waals surface area contributed by atoms with Gasteiger partial charge in [0.15, 0.2) is 0 Å². The molecule has 3 heteroatoms. The molecule has 0 amide bonds. The minimum absolute atomic E-state index is 0.761. The van der Waals surface area contributed by atoms with Crippen molar-refractivity contribution in [1.29, 1.82) is 0 Å². The zero-order valence-electron chi connectivity index (χ0n) is 7.33. The van der Waals surface area contributed by atoms with Crippen LogP contribution >= 0.6 is 0 Å². The average Bonchev–Trinajstić information content (AvgIpc) is 2.54. The largest absolute Gasteiger partial charge is 0.399 e. The SMILES string of the molecule is CC.Nc1ccc2nc[nH]c2c1. The van der Waals surface area contributed by atoms with Gasteiger partial charge in [0.25, 0.3) is 0 Å². The molecule has 2 aromatic rings. The summed E-state index contributed by atoms with van der Waals surface area (Å²) in [6.07, 6.45) is 1.66. The third-order valence-corrected chi connectivity index (χ3v) is 1.44. The number of nitrogens with two attached hydrogens (primary N) is 1. The van der Waals surface area contributed by atoms with E-state index in [9.17, 15) is 0 Å². The molecule has 1 aromatic carbocycles. The van der Waals surface area contributed by atoms with Crippen LogP contribution in [0.4, 0.5) is 5.69 Å². The molecule has 0 aliphatic carbocycles. The number of nitrogen functional groups attached to an aromatic ring is 1. The highest BCUT2D eigenvalue weighted by molar-refractivity contribution is 5.77. The molecule has 1 aromatic heterocycles. The maximum absolute atomic E-state index is 5.54. The number of hydrogen-bond donors (Lipinski definition) is 2. The number of H-pyrrole nitrogens is 1. The number of nitrogens with one attached hydrogen (secondary N) is 1. The van der Waals surface area contributed by atoms with Gasteiger partial charge in [-0.1, -0.05) is 13.8 Å². The molecule has 0 spiro atoms. The Hall–Kier alpha value is -1.51. The van der Waals surface area contributed by atoms with Gasteiger partial charge in [-0.3, -0.25) is 0 Å². The third-order valence-electron chi connectivity index (χ3n) is 1.44. The van der Waals surface area contributed by atoms with Gasteiger partial charge in [-0.2, -0.15) is 0 Å². The fourth-order valence-electron chi connectivity index (χ4n) is 0.953. The van der Waals surface area contributed by atoms with E-state index >= 15 is 0 Å². The van der Waals surface area contributed by atoms with Crippen molar-refractivity contribution in [3.05, 3.63) is 24.5 Å². The summed E-state index contributed by atoms with van der Waals surface area (Å²) >= 11 is 0. The number of imidazole rings is 1. The first kappa shape index (κ1) is 8.59. The zero-order chi connectivity index (χ0) is 8.97. The molecule has 12 heavy (non-hydrogen) atoms. The first-order valence-corrected chi connectivity index (χ1v) is 4.05. The van der Waals surface area contributed by atoms with E-state index in [2.05, 4.69) is 9.97 Å². The lowest BCUT2D eigenvalue weighted by atomic mass is 10.3. The van der Waals surface area contributed by atoms with Crippen LogP contribution in [-0.4, -0.2) is 9.97 Å². The van der Waals surface area contributed by atoms with E-state index in [0.29, 0.717) is 0 Å². The van der Waals surface area contributed by atoms with Gasteiger partial charge in [0, 0.05) is 5.69 Å². The van der Waals surface area contributed by atoms with Crippen LogP contribution in [0, 0.1) is 0 Å². The van der Waals surface area contributed by atoms with Crippen LogP contribution in [0.25, 0.3) is 11.0 Å². The first-order valence-electron chi connectivity index (χ1n) is 4.05. The normalized spacial score (nSPS) is 9.17. The number of aromatic nitrogens is 2. The summed E-state index contributed by atoms with van der Waals surface area (Å²) in [7, 11) is 0. The van der Waals surface area contributed by atoms with Gasteiger partial charge < -0.3 is 10.7 Å². The minimum atomic E-state index is 0.761. The van der Waals surface area contributed by atoms with E-state index < -0.39 is 0 Å². The summed E-state index contributed by atoms with van der Waals surface area (Å²) in [5, 5.41) is 0. The number of benzene rings is 1. The predicted octanol–water partition coefficient (Wildman–Crippen LogP) is 2.17. The Bertz CT molecular complexity index is 351. The maximum atomic E-state index is 5.54. The number of anilines is 1. The van der Waals surface area contributed by atoms with Gasteiger partial charge in [0.2, 0.25) is 0 Å². The van der Waals surface area contributed by atoms with Crippen LogP contribution in [0.1, 0.15) is 13.8 Å². The molecule has 1 heterocycles. The predicted molar refractivity (Wildman–Crippen MR) is 51.9 cm³/mol. The van der Waals surface area contributed by atoms with Gasteiger partial charge in [-0.05, 0) is 18.2 Å². The molecule has 0 fully saturated rings. The van der Waals surface area contributed by atoms with E-state index in [4.69, 9.17) is 5.73 Å². The molecular weight excluding hydrogens is 150 g/mol. The second kappa shape index (κ2) is 3.76. The van der Waals surface area contributed by atoms with Crippen molar-refractivity contribution in [3.63, 3.8) is 0 Å². The van der Waals surface area contributed by atoms with E-state index in [1.165, 1.54) is 0 Å². The molecule has 3 N–H and O–H groups in total. The summed E-state index contributed by atoms with van der Waals surface area (Å²) in [5.41, 5.74) is 8.24. The molecule has 2 rings (SSSR count). The van der Waals surface area contributed by atoms with Crippen LogP contribution < -0.4 is 5.73 Å². The molecule has 0 radical (unpaired) electrons. The van der Waals surface area contributed by atoms with Crippen molar-refractivity contribution in [2.75, 3.05) is 5.73 Å². The Labute approximate surface area is 71.6 Å². The Morgan fingerprint density at radius 1 is 1.33 bits per heavy atom. The highest BCUT2D eigenvalue weighted by Gasteiger charge is 1.92. The number of fused-ring (bicyclic) bond motifs is 1. The van der Waals surface area contributed by atoms with Crippen molar-refractivity contribution in [3.8, 4) is 0 Å². The molecule has 0 saturated carbocycles. The van der Waals surface area contributed by atoms with Gasteiger partial charge in [-0.15, -0.1) is 0 Å². The van der Waals surface area contributed by atoms with Crippen LogP contribution in [0.2, 0.25) is 0 Å². The topological polar surface area (TPSA) is 54.7 Å². The summed E-state index contributed by atoms with van der Waals surface area (Å²) in [4.78, 5) is 7.02. The highest BCUT2D eigenvalue weighted by Crippen LogP contribution is 2.11. The maximum Gasteiger partial charge on any atom is 0.0931 e. The van der Waals surface area contributed by atoms with Gasteiger partial charge >= 0.3 is 0 Å². The van der Waals surface area contributed by atoms with Crippen LogP contribution in [0.3, 0.4) is 0 Å². The van der Waals surface area contributed by atoms with E-state index in [-0.39, 0.29) is 0 Å². The van der Waals surface area contributed by atoms with Crippen molar-refractivity contribution in [2.24, 2.45) is 0 Å². The van der Waals surface area contributed by atoms with E-state index in [1.54, 1.807) is 6.33 Å². The molecule has 0 aliphatic rings. The number of nitrogens with zero attached hydrogens (tertiary/aromatic N) is 1. The number of rotatable bonds is 0. The van der Waals surface area contributed by atoms with E-state index in [0.717, 1.165) is 16.7 Å². The minimum Gasteiger partial charge on any atom is -0.399 e. The van der Waals surface area contributed by atoms with E-state index in [1.807, 2.05) is 32.0 Å². The van der Waals surface area contributed by atoms with Gasteiger partial charge in [0.1, 0.15) is 0 Å². The van der Waals surface area contributed by atoms with Gasteiger partial charge in [0.05, 0.1) is 17.4 Å². The Morgan fingerprint density at radius 3 is 2.83 bits per heavy atom. The number of aromatic amines is 1. The smallest absolute Gasteiger partial charge is 0.0931 e. The van der Waals surface area contributed by atoms with Crippen LogP contribution in [0.15, 0.2) is 24.5 Å². The lowest BCUT2D eigenvalue weighted by Crippen LogP contribution is -1.82. The fraction of sp³-hybridized carbons (Fsp3) is 0.222. The number of hydrogen-bond acceptors (Lipinski definition) is 2. The molecule has 0 saturated heterocycles. The molecule has 0 atom stereocenters. The fourth-order valence-corrected chi connectivity index (χ4v) is 0.953. The van der Waals surface area contributed by atoms with Crippen molar-refractivity contribution < 1.29 is 0 Å². The second-order valence-electron chi connectivity index (χ2n) is 2.18. The van der Waals surface area contributed by atoms with Crippen molar-refractivity contribution >= 4 is 16.7 Å². The molecule has 3 nitrogen and oxygen atoms in total. The Kier molecular flexibility index (Phi) is 2.69. The van der Waals surface area contributed by atoms with Crippen LogP contribution in [0.5, 0.6) is 0 Å². The Morgan fingerprint density at radius 2 is 2.08 bits per heavy atom. The molecule has 0 bridgehead atoms. The lowest BCUT2D eigenvalue weighted by molar-refractivity contribution is 1.34. The standard InChI is InChI=1S/C7H7N3.C2H6/c8-5-1-2-6-7(3-5)10-4-9-6;1-2/h1-4H,8H2,(H,9,10);1-2H3. The molecule has 0 unspecified atom stereocenters. The second-order valence-corrected chi connectivity index (χ2v) is 2.18. The summed E-state index contributed by atoms with van der Waals surface area (Å²) < 4.78 is 0. The third kappa shape index (κ3) is 1.56. The summed E-state index contributed by atoms with van der Waals surface area (Å²) in [6.45, 7) is 4.00. The van der Waals surface area contributed by atoms with Gasteiger partial charge in [-0.25, -0.2) is 4.98 Å². The summed E-state index contributed by atoms with van der Waals surface area (Å²) in [6, 6.07) is 5.59. The first-order chi connectivity index (χ1) is 5.86. The quantitative estimate of drug-likeness (QED) is 0.585. The summed E-state index contributed by atoms with van der Waals surface area (Å²) in [5.74, 6) is 0. The zero-order valence-corrected chi connectivity index (χ0v) is 7.33. The molecule has 0 aliphatic heterocycles. The van der Waals surface area contributed by atoms with Crippen LogP contribution in [-0.2, 0) is 0 Å². The molecular formula is C9H13N3. The van der Waals surface area contributed by atoms with Crippen molar-refractivity contribution in [2.45, 2.75) is 13.8 Å². The lowest BCUT2D eigenvalue weighted by Gasteiger charge is -1.89. The average molecular weight is 163 g/mol. The molecule has 64 valence electrons. The monoisotopic (exact) mass is 163 g/mol.